The zero-order valence-electron chi connectivity index (χ0n) is 7.54. The summed E-state index contributed by atoms with van der Waals surface area (Å²) in [5.41, 5.74) is 5.34. The Kier molecular flexibility index (Phi) is 2.83. The van der Waals surface area contributed by atoms with Crippen molar-refractivity contribution < 1.29 is 13.2 Å². The molecule has 0 fully saturated rings. The zero-order chi connectivity index (χ0) is 10.8. The number of pyridine rings is 1. The third-order valence-electron chi connectivity index (χ3n) is 1.56. The van der Waals surface area contributed by atoms with Crippen LogP contribution < -0.4 is 10.6 Å². The van der Waals surface area contributed by atoms with Gasteiger partial charge in [0, 0.05) is 7.05 Å². The van der Waals surface area contributed by atoms with Crippen LogP contribution >= 0.6 is 0 Å². The summed E-state index contributed by atoms with van der Waals surface area (Å²) >= 11 is 0. The van der Waals surface area contributed by atoms with Gasteiger partial charge in [0.25, 0.3) is 0 Å². The molecule has 78 valence electrons. The van der Waals surface area contributed by atoms with Crippen LogP contribution in [0.4, 0.5) is 24.8 Å². The second-order valence-corrected chi connectivity index (χ2v) is 2.89. The van der Waals surface area contributed by atoms with Crippen molar-refractivity contribution in [3.05, 3.63) is 18.2 Å². The van der Waals surface area contributed by atoms with E-state index in [9.17, 15) is 13.2 Å². The highest BCUT2D eigenvalue weighted by atomic mass is 19.4. The van der Waals surface area contributed by atoms with Gasteiger partial charge in [-0.05, 0) is 12.1 Å². The van der Waals surface area contributed by atoms with Gasteiger partial charge in [-0.3, -0.25) is 0 Å². The van der Waals surface area contributed by atoms with Crippen molar-refractivity contribution in [1.29, 1.82) is 0 Å². The number of rotatable bonds is 2. The Hall–Kier alpha value is -1.46. The molecule has 1 aromatic heterocycles. The SMILES string of the molecule is CN(CC(F)(F)F)c1cccc(N)n1. The van der Waals surface area contributed by atoms with Crippen LogP contribution in [0.2, 0.25) is 0 Å². The number of hydrogen-bond donors (Lipinski definition) is 1. The molecule has 1 rings (SSSR count). The van der Waals surface area contributed by atoms with Gasteiger partial charge in [0.1, 0.15) is 18.2 Å². The average Bonchev–Trinajstić information content (AvgIpc) is 2.01. The summed E-state index contributed by atoms with van der Waals surface area (Å²) < 4.78 is 36.0. The van der Waals surface area contributed by atoms with Gasteiger partial charge in [0.05, 0.1) is 0 Å². The van der Waals surface area contributed by atoms with Gasteiger partial charge in [-0.2, -0.15) is 13.2 Å². The second-order valence-electron chi connectivity index (χ2n) is 2.89. The summed E-state index contributed by atoms with van der Waals surface area (Å²) in [4.78, 5) is 4.76. The van der Waals surface area contributed by atoms with Gasteiger partial charge in [-0.1, -0.05) is 6.07 Å². The van der Waals surface area contributed by atoms with Crippen molar-refractivity contribution >= 4 is 11.6 Å². The number of nitrogens with zero attached hydrogens (tertiary/aromatic N) is 2. The normalized spacial score (nSPS) is 11.4. The Morgan fingerprint density at radius 3 is 2.57 bits per heavy atom. The van der Waals surface area contributed by atoms with Crippen molar-refractivity contribution in [3.63, 3.8) is 0 Å². The first kappa shape index (κ1) is 10.6. The maximum atomic E-state index is 12.0. The Morgan fingerprint density at radius 1 is 1.43 bits per heavy atom. The Bertz CT molecular complexity index is 311. The van der Waals surface area contributed by atoms with Crippen molar-refractivity contribution in [2.45, 2.75) is 6.18 Å². The summed E-state index contributed by atoms with van der Waals surface area (Å²) in [6, 6.07) is 4.55. The summed E-state index contributed by atoms with van der Waals surface area (Å²) in [6.07, 6.45) is -4.24. The number of nitrogens with two attached hydrogens (primary N) is 1. The molecule has 0 saturated carbocycles. The number of nitrogen functional groups attached to an aromatic ring is 1. The fourth-order valence-electron chi connectivity index (χ4n) is 1.00. The molecule has 14 heavy (non-hydrogen) atoms. The first-order chi connectivity index (χ1) is 6.38. The number of hydrogen-bond acceptors (Lipinski definition) is 3. The fraction of sp³-hybridized carbons (Fsp3) is 0.375. The highest BCUT2D eigenvalue weighted by molar-refractivity contribution is 5.44. The predicted molar refractivity (Wildman–Crippen MR) is 48.0 cm³/mol. The Morgan fingerprint density at radius 2 is 2.07 bits per heavy atom. The first-order valence-corrected chi connectivity index (χ1v) is 3.89. The summed E-state index contributed by atoms with van der Waals surface area (Å²) in [5.74, 6) is 0.416. The molecule has 0 aliphatic heterocycles. The van der Waals surface area contributed by atoms with Crippen molar-refractivity contribution in [2.24, 2.45) is 0 Å². The van der Waals surface area contributed by atoms with Gasteiger partial charge < -0.3 is 10.6 Å². The van der Waals surface area contributed by atoms with E-state index in [0.717, 1.165) is 4.90 Å². The lowest BCUT2D eigenvalue weighted by Gasteiger charge is -2.19. The van der Waals surface area contributed by atoms with E-state index in [4.69, 9.17) is 5.73 Å². The fourth-order valence-corrected chi connectivity index (χ4v) is 1.00. The van der Waals surface area contributed by atoms with Gasteiger partial charge in [0.15, 0.2) is 0 Å². The highest BCUT2D eigenvalue weighted by Crippen LogP contribution is 2.19. The van der Waals surface area contributed by atoms with Crippen LogP contribution in [0.5, 0.6) is 0 Å². The zero-order valence-corrected chi connectivity index (χ0v) is 7.54. The molecule has 1 heterocycles. The van der Waals surface area contributed by atoms with Gasteiger partial charge in [-0.15, -0.1) is 0 Å². The van der Waals surface area contributed by atoms with Crippen LogP contribution in [0.3, 0.4) is 0 Å². The van der Waals surface area contributed by atoms with Crippen LogP contribution in [-0.4, -0.2) is 24.8 Å². The van der Waals surface area contributed by atoms with E-state index in [1.807, 2.05) is 0 Å². The Labute approximate surface area is 79.3 Å². The first-order valence-electron chi connectivity index (χ1n) is 3.89. The minimum Gasteiger partial charge on any atom is -0.384 e. The number of alkyl halides is 3. The smallest absolute Gasteiger partial charge is 0.384 e. The van der Waals surface area contributed by atoms with Gasteiger partial charge in [0.2, 0.25) is 0 Å². The molecule has 3 nitrogen and oxygen atoms in total. The highest BCUT2D eigenvalue weighted by Gasteiger charge is 2.29. The maximum absolute atomic E-state index is 12.0. The molecule has 0 aliphatic rings. The minimum atomic E-state index is -4.24. The molecule has 0 bridgehead atoms. The third-order valence-corrected chi connectivity index (χ3v) is 1.56. The molecule has 0 aliphatic carbocycles. The maximum Gasteiger partial charge on any atom is 0.405 e. The van der Waals surface area contributed by atoms with E-state index in [-0.39, 0.29) is 11.6 Å². The molecule has 6 heteroatoms. The molecule has 0 amide bonds. The average molecular weight is 205 g/mol. The summed E-state index contributed by atoms with van der Waals surface area (Å²) in [7, 11) is 1.31. The van der Waals surface area contributed by atoms with Crippen LogP contribution in [0.1, 0.15) is 0 Å². The van der Waals surface area contributed by atoms with Crippen molar-refractivity contribution in [3.8, 4) is 0 Å². The van der Waals surface area contributed by atoms with E-state index >= 15 is 0 Å². The number of halogens is 3. The molecular formula is C8H10F3N3. The van der Waals surface area contributed by atoms with E-state index in [1.54, 1.807) is 6.07 Å². The Balaban J connectivity index is 2.74. The summed E-state index contributed by atoms with van der Waals surface area (Å²) in [6.45, 7) is -1.04. The van der Waals surface area contributed by atoms with E-state index in [1.165, 1.54) is 19.2 Å². The lowest BCUT2D eigenvalue weighted by molar-refractivity contribution is -0.119. The molecule has 1 aromatic rings. The monoisotopic (exact) mass is 205 g/mol. The van der Waals surface area contributed by atoms with Gasteiger partial charge in [-0.25, -0.2) is 4.98 Å². The molecule has 2 N–H and O–H groups in total. The lowest BCUT2D eigenvalue weighted by Crippen LogP contribution is -2.31. The predicted octanol–water partition coefficient (Wildman–Crippen LogP) is 1.66. The van der Waals surface area contributed by atoms with Crippen LogP contribution in [-0.2, 0) is 0 Å². The largest absolute Gasteiger partial charge is 0.405 e. The molecular weight excluding hydrogens is 195 g/mol. The molecule has 0 unspecified atom stereocenters. The van der Waals surface area contributed by atoms with Crippen molar-refractivity contribution in [2.75, 3.05) is 24.2 Å². The lowest BCUT2D eigenvalue weighted by atomic mass is 10.4. The van der Waals surface area contributed by atoms with Crippen LogP contribution in [0.15, 0.2) is 18.2 Å². The van der Waals surface area contributed by atoms with E-state index < -0.39 is 12.7 Å². The third kappa shape index (κ3) is 3.12. The molecule has 0 atom stereocenters. The number of anilines is 2. The quantitative estimate of drug-likeness (QED) is 0.798. The topological polar surface area (TPSA) is 42.1 Å². The van der Waals surface area contributed by atoms with Crippen LogP contribution in [0, 0.1) is 0 Å². The molecule has 0 saturated heterocycles. The van der Waals surface area contributed by atoms with Crippen LogP contribution in [0.25, 0.3) is 0 Å². The summed E-state index contributed by atoms with van der Waals surface area (Å²) in [5, 5.41) is 0. The number of aromatic nitrogens is 1. The molecule has 0 radical (unpaired) electrons. The van der Waals surface area contributed by atoms with Crippen molar-refractivity contribution in [1.82, 2.24) is 4.98 Å². The van der Waals surface area contributed by atoms with Gasteiger partial charge >= 0.3 is 6.18 Å². The van der Waals surface area contributed by atoms with E-state index in [0.29, 0.717) is 0 Å². The standard InChI is InChI=1S/C8H10F3N3/c1-14(5-8(9,10)11)7-4-2-3-6(12)13-7/h2-4H,5H2,1H3,(H2,12,13). The van der Waals surface area contributed by atoms with E-state index in [2.05, 4.69) is 4.98 Å². The molecule has 0 spiro atoms. The second kappa shape index (κ2) is 3.73. The molecule has 0 aromatic carbocycles. The minimum absolute atomic E-state index is 0.205.